The van der Waals surface area contributed by atoms with Crippen molar-refractivity contribution in [3.63, 3.8) is 0 Å². The van der Waals surface area contributed by atoms with E-state index in [2.05, 4.69) is 10.4 Å². The van der Waals surface area contributed by atoms with Crippen molar-refractivity contribution in [1.82, 2.24) is 9.78 Å². The third kappa shape index (κ3) is 2.85. The van der Waals surface area contributed by atoms with Gasteiger partial charge in [0, 0.05) is 24.7 Å². The van der Waals surface area contributed by atoms with Crippen molar-refractivity contribution in [2.45, 2.75) is 5.88 Å². The molecule has 5 heteroatoms. The molecule has 0 aliphatic carbocycles. The highest BCUT2D eigenvalue weighted by Gasteiger charge is 2.07. The first-order valence-electron chi connectivity index (χ1n) is 5.14. The van der Waals surface area contributed by atoms with Gasteiger partial charge in [0.15, 0.2) is 0 Å². The number of aromatic nitrogens is 2. The van der Waals surface area contributed by atoms with Crippen LogP contribution in [0.15, 0.2) is 36.7 Å². The molecule has 0 unspecified atom stereocenters. The van der Waals surface area contributed by atoms with E-state index in [0.29, 0.717) is 17.1 Å². The van der Waals surface area contributed by atoms with E-state index in [9.17, 15) is 4.79 Å². The molecule has 0 aliphatic rings. The molecule has 1 amide bonds. The maximum atomic E-state index is 11.9. The number of aryl methyl sites for hydroxylation is 1. The average molecular weight is 250 g/mol. The number of benzene rings is 1. The van der Waals surface area contributed by atoms with Gasteiger partial charge in [0.05, 0.1) is 11.9 Å². The lowest BCUT2D eigenvalue weighted by Gasteiger charge is -2.03. The average Bonchev–Trinajstić information content (AvgIpc) is 2.75. The Labute approximate surface area is 104 Å². The fourth-order valence-electron chi connectivity index (χ4n) is 1.48. The Morgan fingerprint density at radius 2 is 2.35 bits per heavy atom. The smallest absolute Gasteiger partial charge is 0.255 e. The van der Waals surface area contributed by atoms with E-state index in [-0.39, 0.29) is 5.91 Å². The van der Waals surface area contributed by atoms with Gasteiger partial charge in [-0.05, 0) is 17.7 Å². The minimum absolute atomic E-state index is 0.162. The summed E-state index contributed by atoms with van der Waals surface area (Å²) in [7, 11) is 1.80. The Morgan fingerprint density at radius 3 is 3.00 bits per heavy atom. The topological polar surface area (TPSA) is 46.9 Å². The second-order valence-corrected chi connectivity index (χ2v) is 3.96. The molecule has 2 aromatic rings. The van der Waals surface area contributed by atoms with Gasteiger partial charge < -0.3 is 5.32 Å². The number of amides is 1. The van der Waals surface area contributed by atoms with Gasteiger partial charge in [0.25, 0.3) is 5.91 Å². The predicted molar refractivity (Wildman–Crippen MR) is 67.2 cm³/mol. The minimum Gasteiger partial charge on any atom is -0.319 e. The molecule has 88 valence electrons. The zero-order chi connectivity index (χ0) is 12.3. The van der Waals surface area contributed by atoms with Crippen LogP contribution in [0, 0.1) is 0 Å². The molecule has 0 atom stereocenters. The molecule has 1 aromatic heterocycles. The van der Waals surface area contributed by atoms with Gasteiger partial charge in [-0.1, -0.05) is 12.1 Å². The lowest BCUT2D eigenvalue weighted by Crippen LogP contribution is -2.11. The van der Waals surface area contributed by atoms with Gasteiger partial charge in [0.1, 0.15) is 0 Å². The number of hydrogen-bond acceptors (Lipinski definition) is 2. The molecule has 0 radical (unpaired) electrons. The number of hydrogen-bond donors (Lipinski definition) is 1. The normalized spacial score (nSPS) is 10.2. The fraction of sp³-hybridized carbons (Fsp3) is 0.167. The zero-order valence-corrected chi connectivity index (χ0v) is 10.1. The second kappa shape index (κ2) is 5.01. The van der Waals surface area contributed by atoms with Crippen LogP contribution in [0.25, 0.3) is 0 Å². The van der Waals surface area contributed by atoms with Crippen LogP contribution in [-0.2, 0) is 12.9 Å². The largest absolute Gasteiger partial charge is 0.319 e. The number of carbonyl (C=O) groups is 1. The van der Waals surface area contributed by atoms with Crippen LogP contribution in [0.2, 0.25) is 0 Å². The Hall–Kier alpha value is -1.81. The molecule has 0 saturated carbocycles. The van der Waals surface area contributed by atoms with Gasteiger partial charge in [0.2, 0.25) is 0 Å². The molecule has 0 bridgehead atoms. The molecule has 1 N–H and O–H groups in total. The molecule has 0 saturated heterocycles. The summed E-state index contributed by atoms with van der Waals surface area (Å²) >= 11 is 5.72. The summed E-state index contributed by atoms with van der Waals surface area (Å²) in [6.45, 7) is 0. The maximum Gasteiger partial charge on any atom is 0.255 e. The predicted octanol–water partition coefficient (Wildman–Crippen LogP) is 2.41. The standard InChI is InChI=1S/C12H12ClN3O/c1-16-8-11(7-14-16)15-12(17)10-4-2-3-9(5-10)6-13/h2-5,7-8H,6H2,1H3,(H,15,17). The highest BCUT2D eigenvalue weighted by molar-refractivity contribution is 6.17. The molecule has 0 spiro atoms. The Kier molecular flexibility index (Phi) is 3.44. The Bertz CT molecular complexity index is 536. The van der Waals surface area contributed by atoms with Gasteiger partial charge in [-0.15, -0.1) is 11.6 Å². The summed E-state index contributed by atoms with van der Waals surface area (Å²) in [6.07, 6.45) is 3.34. The SMILES string of the molecule is Cn1cc(NC(=O)c2cccc(CCl)c2)cn1. The molecule has 1 heterocycles. The van der Waals surface area contributed by atoms with Crippen LogP contribution >= 0.6 is 11.6 Å². The number of halogens is 1. The van der Waals surface area contributed by atoms with E-state index in [1.807, 2.05) is 12.1 Å². The molecule has 2 rings (SSSR count). The summed E-state index contributed by atoms with van der Waals surface area (Å²) in [6, 6.07) is 7.23. The molecule has 1 aromatic carbocycles. The van der Waals surface area contributed by atoms with Crippen molar-refractivity contribution in [3.05, 3.63) is 47.8 Å². The summed E-state index contributed by atoms with van der Waals surface area (Å²) in [5, 5.41) is 6.74. The Morgan fingerprint density at radius 1 is 1.53 bits per heavy atom. The van der Waals surface area contributed by atoms with Crippen molar-refractivity contribution in [3.8, 4) is 0 Å². The van der Waals surface area contributed by atoms with Gasteiger partial charge in [-0.25, -0.2) is 0 Å². The summed E-state index contributed by atoms with van der Waals surface area (Å²) in [5.74, 6) is 0.235. The van der Waals surface area contributed by atoms with Crippen LogP contribution in [0.5, 0.6) is 0 Å². The van der Waals surface area contributed by atoms with Crippen LogP contribution < -0.4 is 5.32 Å². The molecule has 4 nitrogen and oxygen atoms in total. The van der Waals surface area contributed by atoms with Crippen molar-refractivity contribution >= 4 is 23.2 Å². The fourth-order valence-corrected chi connectivity index (χ4v) is 1.65. The van der Waals surface area contributed by atoms with E-state index in [4.69, 9.17) is 11.6 Å². The van der Waals surface area contributed by atoms with Crippen LogP contribution in [0.1, 0.15) is 15.9 Å². The number of anilines is 1. The van der Waals surface area contributed by atoms with Crippen molar-refractivity contribution in [2.75, 3.05) is 5.32 Å². The third-order valence-electron chi connectivity index (χ3n) is 2.31. The highest BCUT2D eigenvalue weighted by Crippen LogP contribution is 2.11. The summed E-state index contributed by atoms with van der Waals surface area (Å²) in [4.78, 5) is 11.9. The van der Waals surface area contributed by atoms with E-state index in [1.54, 1.807) is 36.3 Å². The van der Waals surface area contributed by atoms with Gasteiger partial charge >= 0.3 is 0 Å². The van der Waals surface area contributed by atoms with E-state index >= 15 is 0 Å². The summed E-state index contributed by atoms with van der Waals surface area (Å²) in [5.41, 5.74) is 2.19. The summed E-state index contributed by atoms with van der Waals surface area (Å²) < 4.78 is 1.63. The molecule has 0 aliphatic heterocycles. The minimum atomic E-state index is -0.162. The first-order chi connectivity index (χ1) is 8.19. The number of alkyl halides is 1. The number of carbonyl (C=O) groups excluding carboxylic acids is 1. The first-order valence-corrected chi connectivity index (χ1v) is 5.67. The molecular weight excluding hydrogens is 238 g/mol. The lowest BCUT2D eigenvalue weighted by molar-refractivity contribution is 0.102. The molecule has 17 heavy (non-hydrogen) atoms. The zero-order valence-electron chi connectivity index (χ0n) is 9.35. The number of nitrogens with zero attached hydrogens (tertiary/aromatic N) is 2. The van der Waals surface area contributed by atoms with Gasteiger partial charge in [-0.3, -0.25) is 9.48 Å². The second-order valence-electron chi connectivity index (χ2n) is 3.69. The van der Waals surface area contributed by atoms with Crippen LogP contribution in [0.4, 0.5) is 5.69 Å². The van der Waals surface area contributed by atoms with Crippen LogP contribution in [-0.4, -0.2) is 15.7 Å². The molecular formula is C12H12ClN3O. The maximum absolute atomic E-state index is 11.9. The van der Waals surface area contributed by atoms with Crippen molar-refractivity contribution in [1.29, 1.82) is 0 Å². The highest BCUT2D eigenvalue weighted by atomic mass is 35.5. The molecule has 0 fully saturated rings. The lowest BCUT2D eigenvalue weighted by atomic mass is 10.1. The van der Waals surface area contributed by atoms with Gasteiger partial charge in [-0.2, -0.15) is 5.10 Å². The van der Waals surface area contributed by atoms with Crippen molar-refractivity contribution in [2.24, 2.45) is 7.05 Å². The van der Waals surface area contributed by atoms with E-state index < -0.39 is 0 Å². The monoisotopic (exact) mass is 249 g/mol. The number of nitrogens with one attached hydrogen (secondary N) is 1. The number of rotatable bonds is 3. The van der Waals surface area contributed by atoms with E-state index in [1.165, 1.54) is 0 Å². The van der Waals surface area contributed by atoms with E-state index in [0.717, 1.165) is 5.56 Å². The quantitative estimate of drug-likeness (QED) is 0.850. The Balaban J connectivity index is 2.14. The van der Waals surface area contributed by atoms with Crippen molar-refractivity contribution < 1.29 is 4.79 Å². The third-order valence-corrected chi connectivity index (χ3v) is 2.61. The van der Waals surface area contributed by atoms with Crippen LogP contribution in [0.3, 0.4) is 0 Å². The first kappa shape index (κ1) is 11.7.